The van der Waals surface area contributed by atoms with E-state index in [1.165, 1.54) is 5.56 Å². The Morgan fingerprint density at radius 3 is 2.60 bits per heavy atom. The van der Waals surface area contributed by atoms with Crippen LogP contribution < -0.4 is 5.73 Å². The zero-order chi connectivity index (χ0) is 10.8. The van der Waals surface area contributed by atoms with Crippen LogP contribution in [0.2, 0.25) is 0 Å². The molecule has 1 aromatic carbocycles. The number of nitrogens with two attached hydrogens (primary N) is 1. The number of amides is 1. The summed E-state index contributed by atoms with van der Waals surface area (Å²) >= 11 is 3.39. The fraction of sp³-hybridized carbons (Fsp3) is 0.364. The number of hydrogen-bond acceptors (Lipinski definition) is 2. The molecule has 0 bridgehead atoms. The van der Waals surface area contributed by atoms with Gasteiger partial charge in [0.15, 0.2) is 0 Å². The van der Waals surface area contributed by atoms with E-state index >= 15 is 0 Å². The highest BCUT2D eigenvalue weighted by molar-refractivity contribution is 9.10. The molecule has 0 radical (unpaired) electrons. The highest BCUT2D eigenvalue weighted by Gasteiger charge is 2.36. The first-order chi connectivity index (χ1) is 7.22. The van der Waals surface area contributed by atoms with Crippen molar-refractivity contribution < 1.29 is 4.79 Å². The minimum absolute atomic E-state index is 0.202. The minimum atomic E-state index is 0.202. The van der Waals surface area contributed by atoms with Gasteiger partial charge in [-0.1, -0.05) is 28.1 Å². The van der Waals surface area contributed by atoms with Gasteiger partial charge in [0.05, 0.1) is 12.5 Å². The molecule has 1 aliphatic heterocycles. The molecule has 1 fully saturated rings. The van der Waals surface area contributed by atoms with Crippen LogP contribution in [-0.4, -0.2) is 23.9 Å². The molecule has 1 saturated heterocycles. The maximum atomic E-state index is 11.3. The first-order valence-electron chi connectivity index (χ1n) is 4.97. The summed E-state index contributed by atoms with van der Waals surface area (Å²) in [6.07, 6.45) is 0.613. The third-order valence-electron chi connectivity index (χ3n) is 2.69. The maximum Gasteiger partial charge on any atom is 0.225 e. The van der Waals surface area contributed by atoms with Crippen molar-refractivity contribution in [3.63, 3.8) is 0 Å². The van der Waals surface area contributed by atoms with Crippen LogP contribution in [0.5, 0.6) is 0 Å². The molecule has 15 heavy (non-hydrogen) atoms. The number of rotatable bonds is 3. The monoisotopic (exact) mass is 268 g/mol. The van der Waals surface area contributed by atoms with Gasteiger partial charge >= 0.3 is 0 Å². The molecule has 1 amide bonds. The van der Waals surface area contributed by atoms with E-state index < -0.39 is 0 Å². The Hall–Kier alpha value is -0.870. The second kappa shape index (κ2) is 4.33. The van der Waals surface area contributed by atoms with E-state index in [2.05, 4.69) is 15.9 Å². The first kappa shape index (κ1) is 10.6. The zero-order valence-corrected chi connectivity index (χ0v) is 9.90. The van der Waals surface area contributed by atoms with Crippen molar-refractivity contribution in [2.75, 3.05) is 13.1 Å². The van der Waals surface area contributed by atoms with Gasteiger partial charge in [-0.25, -0.2) is 0 Å². The Bertz CT molecular complexity index is 363. The number of halogens is 1. The molecule has 1 heterocycles. The highest BCUT2D eigenvalue weighted by atomic mass is 79.9. The lowest BCUT2D eigenvalue weighted by molar-refractivity contribution is -0.146. The molecule has 3 nitrogen and oxygen atoms in total. The predicted molar refractivity (Wildman–Crippen MR) is 62.3 cm³/mol. The number of β-lactam (4-membered cyclic amide) rings is 1. The van der Waals surface area contributed by atoms with E-state index in [1.807, 2.05) is 29.2 Å². The van der Waals surface area contributed by atoms with Gasteiger partial charge in [0.25, 0.3) is 0 Å². The van der Waals surface area contributed by atoms with Crippen LogP contribution in [0.15, 0.2) is 28.7 Å². The van der Waals surface area contributed by atoms with Crippen LogP contribution in [0.4, 0.5) is 0 Å². The SMILES string of the molecule is NCCN1C(=O)CC1c1ccc(Br)cc1. The summed E-state index contributed by atoms with van der Waals surface area (Å²) in [5, 5.41) is 0. The Balaban J connectivity index is 2.11. The van der Waals surface area contributed by atoms with Crippen LogP contribution in [-0.2, 0) is 4.79 Å². The molecule has 80 valence electrons. The van der Waals surface area contributed by atoms with Crippen LogP contribution >= 0.6 is 15.9 Å². The lowest BCUT2D eigenvalue weighted by atomic mass is 9.94. The van der Waals surface area contributed by atoms with Gasteiger partial charge in [-0.3, -0.25) is 4.79 Å². The summed E-state index contributed by atoms with van der Waals surface area (Å²) < 4.78 is 1.06. The second-order valence-electron chi connectivity index (χ2n) is 3.65. The van der Waals surface area contributed by atoms with E-state index in [9.17, 15) is 4.79 Å². The largest absolute Gasteiger partial charge is 0.334 e. The molecule has 0 aliphatic carbocycles. The van der Waals surface area contributed by atoms with Crippen molar-refractivity contribution >= 4 is 21.8 Å². The van der Waals surface area contributed by atoms with Crippen molar-refractivity contribution in [2.24, 2.45) is 5.73 Å². The fourth-order valence-electron chi connectivity index (χ4n) is 1.86. The van der Waals surface area contributed by atoms with Gasteiger partial charge in [-0.15, -0.1) is 0 Å². The van der Waals surface area contributed by atoms with Crippen LogP contribution in [0.25, 0.3) is 0 Å². The van der Waals surface area contributed by atoms with Crippen molar-refractivity contribution in [1.82, 2.24) is 4.90 Å². The highest BCUT2D eigenvalue weighted by Crippen LogP contribution is 2.34. The average Bonchev–Trinajstić information content (AvgIpc) is 2.24. The maximum absolute atomic E-state index is 11.3. The Morgan fingerprint density at radius 2 is 2.07 bits per heavy atom. The number of carbonyl (C=O) groups is 1. The summed E-state index contributed by atoms with van der Waals surface area (Å²) in [7, 11) is 0. The quantitative estimate of drug-likeness (QED) is 0.849. The van der Waals surface area contributed by atoms with E-state index in [1.54, 1.807) is 0 Å². The minimum Gasteiger partial charge on any atom is -0.334 e. The summed E-state index contributed by atoms with van der Waals surface area (Å²) in [6, 6.07) is 8.32. The molecular formula is C11H13BrN2O. The summed E-state index contributed by atoms with van der Waals surface area (Å²) in [5.41, 5.74) is 6.65. The Morgan fingerprint density at radius 1 is 1.40 bits per heavy atom. The number of carbonyl (C=O) groups excluding carboxylic acids is 1. The van der Waals surface area contributed by atoms with E-state index in [4.69, 9.17) is 5.73 Å². The number of nitrogens with zero attached hydrogens (tertiary/aromatic N) is 1. The molecule has 1 aliphatic rings. The van der Waals surface area contributed by atoms with Crippen molar-refractivity contribution in [2.45, 2.75) is 12.5 Å². The molecule has 0 spiro atoms. The lowest BCUT2D eigenvalue weighted by Crippen LogP contribution is -2.48. The van der Waals surface area contributed by atoms with Crippen LogP contribution in [0.3, 0.4) is 0 Å². The average molecular weight is 269 g/mol. The van der Waals surface area contributed by atoms with E-state index in [-0.39, 0.29) is 11.9 Å². The fourth-order valence-corrected chi connectivity index (χ4v) is 2.12. The van der Waals surface area contributed by atoms with Crippen molar-refractivity contribution in [3.05, 3.63) is 34.3 Å². The predicted octanol–water partition coefficient (Wildman–Crippen LogP) is 1.68. The van der Waals surface area contributed by atoms with Gasteiger partial charge in [0.1, 0.15) is 0 Å². The molecule has 2 rings (SSSR count). The molecule has 1 unspecified atom stereocenters. The molecule has 4 heteroatoms. The van der Waals surface area contributed by atoms with Gasteiger partial charge in [-0.2, -0.15) is 0 Å². The standard InChI is InChI=1S/C11H13BrN2O/c12-9-3-1-8(2-4-9)10-7-11(15)14(10)6-5-13/h1-4,10H,5-7,13H2. The summed E-state index contributed by atoms with van der Waals surface area (Å²) in [6.45, 7) is 1.18. The second-order valence-corrected chi connectivity index (χ2v) is 4.56. The number of hydrogen-bond donors (Lipinski definition) is 1. The smallest absolute Gasteiger partial charge is 0.225 e. The number of likely N-dealkylation sites (tertiary alicyclic amines) is 1. The normalized spacial score (nSPS) is 20.3. The van der Waals surface area contributed by atoms with Gasteiger partial charge in [0.2, 0.25) is 5.91 Å². The molecule has 0 aromatic heterocycles. The third-order valence-corrected chi connectivity index (χ3v) is 3.22. The van der Waals surface area contributed by atoms with Crippen LogP contribution in [0.1, 0.15) is 18.0 Å². The van der Waals surface area contributed by atoms with E-state index in [0.717, 1.165) is 4.47 Å². The van der Waals surface area contributed by atoms with Crippen LogP contribution in [0, 0.1) is 0 Å². The third kappa shape index (κ3) is 2.06. The topological polar surface area (TPSA) is 46.3 Å². The van der Waals surface area contributed by atoms with E-state index in [0.29, 0.717) is 19.5 Å². The first-order valence-corrected chi connectivity index (χ1v) is 5.76. The molecule has 2 N–H and O–H groups in total. The Labute approximate surface area is 97.4 Å². The van der Waals surface area contributed by atoms with Gasteiger partial charge in [-0.05, 0) is 17.7 Å². The van der Waals surface area contributed by atoms with Crippen molar-refractivity contribution in [3.8, 4) is 0 Å². The lowest BCUT2D eigenvalue weighted by Gasteiger charge is -2.40. The summed E-state index contributed by atoms with van der Waals surface area (Å²) in [4.78, 5) is 13.2. The molecule has 1 atom stereocenters. The van der Waals surface area contributed by atoms with Gasteiger partial charge < -0.3 is 10.6 Å². The molecule has 1 aromatic rings. The summed E-state index contributed by atoms with van der Waals surface area (Å²) in [5.74, 6) is 0.202. The molecular weight excluding hydrogens is 256 g/mol. The van der Waals surface area contributed by atoms with Crippen molar-refractivity contribution in [1.29, 1.82) is 0 Å². The Kier molecular flexibility index (Phi) is 3.07. The zero-order valence-electron chi connectivity index (χ0n) is 8.32. The molecule has 0 saturated carbocycles. The van der Waals surface area contributed by atoms with Gasteiger partial charge in [0, 0.05) is 17.6 Å². The number of benzene rings is 1.